The van der Waals surface area contributed by atoms with Gasteiger partial charge in [0.2, 0.25) is 0 Å². The number of esters is 3. The molecule has 1 rings (SSSR count). The van der Waals surface area contributed by atoms with Gasteiger partial charge in [-0.05, 0) is 77.0 Å². The number of ether oxygens (including phenoxy) is 5. The average Bonchev–Trinajstić information content (AvgIpc) is 3.42. The van der Waals surface area contributed by atoms with E-state index in [1.165, 1.54) is 116 Å². The number of carboxylic acids is 1. The summed E-state index contributed by atoms with van der Waals surface area (Å²) in [5.74, 6) is -3.13. The zero-order valence-electron chi connectivity index (χ0n) is 49.2. The Kier molecular flexibility index (Phi) is 49.7. The van der Waals surface area contributed by atoms with Crippen molar-refractivity contribution < 1.29 is 58.2 Å². The number of rotatable bonds is 54. The van der Waals surface area contributed by atoms with Gasteiger partial charge < -0.3 is 39.0 Å². The number of unbranched alkanes of at least 4 members (excludes halogenated alkanes) is 32. The van der Waals surface area contributed by atoms with Gasteiger partial charge in [-0.15, -0.1) is 0 Å². The van der Waals surface area contributed by atoms with Crippen LogP contribution >= 0.6 is 0 Å². The number of carbonyl (C=O) groups excluding carboxylic acids is 3. The van der Waals surface area contributed by atoms with E-state index in [0.29, 0.717) is 19.3 Å². The van der Waals surface area contributed by atoms with Crippen LogP contribution in [0.15, 0.2) is 48.6 Å². The molecular weight excluding hydrogens is 973 g/mol. The summed E-state index contributed by atoms with van der Waals surface area (Å²) in [5, 5.41) is 31.5. The van der Waals surface area contributed by atoms with Gasteiger partial charge in [-0.3, -0.25) is 14.4 Å². The third kappa shape index (κ3) is 43.2. The maximum Gasteiger partial charge on any atom is 0.335 e. The quantitative estimate of drug-likeness (QED) is 0.0228. The van der Waals surface area contributed by atoms with Crippen LogP contribution in [0, 0.1) is 0 Å². The van der Waals surface area contributed by atoms with Crippen molar-refractivity contribution in [1.82, 2.24) is 0 Å². The number of aliphatic hydroxyl groups excluding tert-OH is 2. The minimum atomic E-state index is -1.91. The first-order valence-electron chi connectivity index (χ1n) is 31.6. The predicted molar refractivity (Wildman–Crippen MR) is 312 cm³/mol. The molecule has 0 bridgehead atoms. The highest BCUT2D eigenvalue weighted by molar-refractivity contribution is 5.74. The van der Waals surface area contributed by atoms with Crippen LogP contribution in [0.5, 0.6) is 0 Å². The molecule has 0 aliphatic carbocycles. The van der Waals surface area contributed by atoms with Gasteiger partial charge in [-0.1, -0.05) is 243 Å². The van der Waals surface area contributed by atoms with E-state index in [2.05, 4.69) is 69.4 Å². The Hall–Kier alpha value is -3.32. The fourth-order valence-electron chi connectivity index (χ4n) is 9.50. The van der Waals surface area contributed by atoms with Gasteiger partial charge in [-0.2, -0.15) is 0 Å². The fraction of sp³-hybridized carbons (Fsp3) is 0.815. The third-order valence-electron chi connectivity index (χ3n) is 14.4. The maximum atomic E-state index is 13.2. The lowest BCUT2D eigenvalue weighted by molar-refractivity contribution is -0.301. The molecule has 3 N–H and O–H groups in total. The summed E-state index contributed by atoms with van der Waals surface area (Å²) < 4.78 is 28.5. The Morgan fingerprint density at radius 1 is 0.429 bits per heavy atom. The molecule has 1 aliphatic heterocycles. The lowest BCUT2D eigenvalue weighted by atomic mass is 9.98. The smallest absolute Gasteiger partial charge is 0.335 e. The molecule has 12 heteroatoms. The Morgan fingerprint density at radius 2 is 0.805 bits per heavy atom. The maximum absolute atomic E-state index is 13.2. The van der Waals surface area contributed by atoms with Crippen LogP contribution in [-0.4, -0.2) is 89.2 Å². The number of hydrogen-bond donors (Lipinski definition) is 3. The topological polar surface area (TPSA) is 175 Å². The number of carbonyl (C=O) groups is 4. The molecule has 6 unspecified atom stereocenters. The van der Waals surface area contributed by atoms with Crippen LogP contribution < -0.4 is 0 Å². The summed E-state index contributed by atoms with van der Waals surface area (Å²) in [7, 11) is 0. The van der Waals surface area contributed by atoms with Crippen LogP contribution in [0.25, 0.3) is 0 Å². The van der Waals surface area contributed by atoms with Crippen molar-refractivity contribution in [2.75, 3.05) is 13.2 Å². The molecule has 0 aromatic heterocycles. The van der Waals surface area contributed by atoms with Crippen LogP contribution in [0.4, 0.5) is 0 Å². The molecular formula is C65H114O12. The highest BCUT2D eigenvalue weighted by atomic mass is 16.7. The molecule has 1 heterocycles. The van der Waals surface area contributed by atoms with Gasteiger partial charge in [0.1, 0.15) is 18.8 Å². The molecule has 1 fully saturated rings. The van der Waals surface area contributed by atoms with Crippen LogP contribution in [0.2, 0.25) is 0 Å². The molecule has 77 heavy (non-hydrogen) atoms. The third-order valence-corrected chi connectivity index (χ3v) is 14.4. The predicted octanol–water partition coefficient (Wildman–Crippen LogP) is 16.6. The summed E-state index contributed by atoms with van der Waals surface area (Å²) in [6.07, 6.45) is 52.2. The lowest BCUT2D eigenvalue weighted by Crippen LogP contribution is -2.61. The molecule has 0 radical (unpaired) electrons. The Morgan fingerprint density at radius 3 is 1.25 bits per heavy atom. The number of carboxylic acid groups (broad SMARTS) is 1. The van der Waals surface area contributed by atoms with Crippen LogP contribution in [-0.2, 0) is 42.9 Å². The average molecular weight is 1090 g/mol. The lowest BCUT2D eigenvalue weighted by Gasteiger charge is -2.40. The van der Waals surface area contributed by atoms with Crippen LogP contribution in [0.1, 0.15) is 290 Å². The molecule has 0 saturated carbocycles. The van der Waals surface area contributed by atoms with Crippen molar-refractivity contribution in [3.63, 3.8) is 0 Å². The molecule has 0 spiro atoms. The first kappa shape index (κ1) is 71.7. The van der Waals surface area contributed by atoms with Gasteiger partial charge in [0, 0.05) is 19.3 Å². The molecule has 6 atom stereocenters. The van der Waals surface area contributed by atoms with Gasteiger partial charge in [0.05, 0.1) is 6.61 Å². The second-order valence-corrected chi connectivity index (χ2v) is 21.7. The van der Waals surface area contributed by atoms with E-state index in [1.807, 2.05) is 0 Å². The number of hydrogen-bond acceptors (Lipinski definition) is 11. The summed E-state index contributed by atoms with van der Waals surface area (Å²) in [6, 6.07) is 0. The zero-order chi connectivity index (χ0) is 56.1. The first-order valence-corrected chi connectivity index (χ1v) is 31.6. The summed E-state index contributed by atoms with van der Waals surface area (Å²) in [6.45, 7) is 5.92. The minimum Gasteiger partial charge on any atom is -0.479 e. The van der Waals surface area contributed by atoms with Crippen molar-refractivity contribution in [3.05, 3.63) is 48.6 Å². The highest BCUT2D eigenvalue weighted by Gasteiger charge is 2.50. The number of allylic oxidation sites excluding steroid dienone is 8. The number of aliphatic carboxylic acids is 1. The van der Waals surface area contributed by atoms with Gasteiger partial charge >= 0.3 is 23.9 Å². The van der Waals surface area contributed by atoms with E-state index in [9.17, 15) is 34.5 Å². The van der Waals surface area contributed by atoms with Crippen LogP contribution in [0.3, 0.4) is 0 Å². The molecule has 12 nitrogen and oxygen atoms in total. The van der Waals surface area contributed by atoms with E-state index in [1.54, 1.807) is 0 Å². The zero-order valence-corrected chi connectivity index (χ0v) is 49.2. The van der Waals surface area contributed by atoms with Crippen molar-refractivity contribution in [1.29, 1.82) is 0 Å². The largest absolute Gasteiger partial charge is 0.479 e. The van der Waals surface area contributed by atoms with E-state index in [0.717, 1.165) is 116 Å². The van der Waals surface area contributed by atoms with Gasteiger partial charge in [-0.25, -0.2) is 4.79 Å². The van der Waals surface area contributed by atoms with Gasteiger partial charge in [0.15, 0.2) is 24.6 Å². The standard InChI is InChI=1S/C65H114O12/c1-4-7-10-13-16-19-22-25-27-28-29-30-32-34-36-39-42-45-48-51-57(66)73-54-56(75-58(67)52-49-46-43-40-38-35-31-26-23-20-17-14-11-8-5-2)55-74-65-63(61(70)60(69)62(77-65)64(71)72)76-59(68)53-50-47-44-41-37-33-24-21-18-15-12-9-6-3/h12,15,17,20-21,24,26,31,56,60-63,65,69-70H,4-11,13-14,16,18-19,22-23,25,27-30,32-55H2,1-3H3,(H,71,72)/b15-12-,20-17-,24-21-,31-26-. The van der Waals surface area contributed by atoms with E-state index < -0.39 is 67.3 Å². The minimum absolute atomic E-state index is 0.0439. The molecule has 446 valence electrons. The van der Waals surface area contributed by atoms with E-state index in [4.69, 9.17) is 23.7 Å². The second kappa shape index (κ2) is 53.3. The normalized spacial score (nSPS) is 18.3. The van der Waals surface area contributed by atoms with E-state index >= 15 is 0 Å². The second-order valence-electron chi connectivity index (χ2n) is 21.7. The fourth-order valence-corrected chi connectivity index (χ4v) is 9.50. The first-order chi connectivity index (χ1) is 37.6. The van der Waals surface area contributed by atoms with Crippen molar-refractivity contribution >= 4 is 23.9 Å². The van der Waals surface area contributed by atoms with E-state index in [-0.39, 0.29) is 25.9 Å². The monoisotopic (exact) mass is 1090 g/mol. The summed E-state index contributed by atoms with van der Waals surface area (Å²) >= 11 is 0. The van der Waals surface area contributed by atoms with Crippen molar-refractivity contribution in [3.8, 4) is 0 Å². The summed E-state index contributed by atoms with van der Waals surface area (Å²) in [4.78, 5) is 51.2. The van der Waals surface area contributed by atoms with Crippen molar-refractivity contribution in [2.24, 2.45) is 0 Å². The molecule has 1 saturated heterocycles. The molecule has 0 aromatic carbocycles. The molecule has 0 aromatic rings. The van der Waals surface area contributed by atoms with Gasteiger partial charge in [0.25, 0.3) is 0 Å². The molecule has 0 amide bonds. The Labute approximate surface area is 469 Å². The SMILES string of the molecule is CCC/C=C\C/C=C\CCCCCCCC(=O)OC1C(OCC(COC(=O)CCCCCCCCCCCCCCCCCCCCC)OC(=O)CCCCCCC/C=C\C/C=C\CCCCC)OC(C(=O)O)C(O)C1O. The Balaban J connectivity index is 2.66. The van der Waals surface area contributed by atoms with Crippen molar-refractivity contribution in [2.45, 2.75) is 327 Å². The number of aliphatic hydroxyl groups is 2. The molecule has 1 aliphatic rings. The highest BCUT2D eigenvalue weighted by Crippen LogP contribution is 2.27. The Bertz CT molecular complexity index is 1520. The summed E-state index contributed by atoms with van der Waals surface area (Å²) in [5.41, 5.74) is 0.